The van der Waals surface area contributed by atoms with Crippen LogP contribution in [0.1, 0.15) is 91.0 Å². The zero-order chi connectivity index (χ0) is 26.3. The van der Waals surface area contributed by atoms with Crippen molar-refractivity contribution in [2.45, 2.75) is 83.3 Å². The van der Waals surface area contributed by atoms with E-state index in [-0.39, 0.29) is 29.6 Å². The van der Waals surface area contributed by atoms with Crippen LogP contribution in [0.5, 0.6) is 5.88 Å². The minimum absolute atomic E-state index is 0.0569. The molecule has 1 aromatic carbocycles. The van der Waals surface area contributed by atoms with Gasteiger partial charge in [-0.05, 0) is 81.3 Å². The highest BCUT2D eigenvalue weighted by molar-refractivity contribution is 6.16. The summed E-state index contributed by atoms with van der Waals surface area (Å²) in [7, 11) is 0. The van der Waals surface area contributed by atoms with Crippen molar-refractivity contribution >= 4 is 24.0 Å². The van der Waals surface area contributed by atoms with Gasteiger partial charge in [-0.25, -0.2) is 4.98 Å². The van der Waals surface area contributed by atoms with Crippen molar-refractivity contribution in [3.05, 3.63) is 59.3 Å². The number of Topliss-reactive ketones (excluding diaryl/α,β-unsaturated/α-hetero) is 2. The lowest BCUT2D eigenvalue weighted by molar-refractivity contribution is 0.0960. The Balaban J connectivity index is 1.19. The van der Waals surface area contributed by atoms with Gasteiger partial charge in [0.15, 0.2) is 11.6 Å². The molecule has 4 unspecified atom stereocenters. The van der Waals surface area contributed by atoms with Crippen LogP contribution >= 0.6 is 0 Å². The molecule has 2 aliphatic carbocycles. The van der Waals surface area contributed by atoms with Crippen LogP contribution in [0.15, 0.2) is 52.6 Å². The van der Waals surface area contributed by atoms with Crippen LogP contribution in [0.25, 0.3) is 0 Å². The number of hydrogen-bond acceptors (Lipinski definition) is 6. The summed E-state index contributed by atoms with van der Waals surface area (Å²) in [5, 5.41) is 0. The number of hydrogen-bond donors (Lipinski definition) is 0. The second-order valence-electron chi connectivity index (χ2n) is 11.4. The molecule has 38 heavy (non-hydrogen) atoms. The number of aliphatic imine (C=N–C) groups is 2. The molecule has 3 aliphatic rings. The predicted molar refractivity (Wildman–Crippen MR) is 151 cm³/mol. The second-order valence-corrected chi connectivity index (χ2v) is 11.4. The van der Waals surface area contributed by atoms with Crippen molar-refractivity contribution < 1.29 is 14.3 Å². The predicted octanol–water partition coefficient (Wildman–Crippen LogP) is 6.37. The molecule has 0 amide bonds. The fourth-order valence-corrected chi connectivity index (χ4v) is 5.89. The van der Waals surface area contributed by atoms with E-state index in [1.807, 2.05) is 24.3 Å². The number of pyridine rings is 1. The topological polar surface area (TPSA) is 81.0 Å². The first kappa shape index (κ1) is 26.5. The molecule has 200 valence electrons. The quantitative estimate of drug-likeness (QED) is 0.273. The molecule has 2 saturated carbocycles. The average Bonchev–Trinajstić information content (AvgIpc) is 3.79. The van der Waals surface area contributed by atoms with Gasteiger partial charge in [0.2, 0.25) is 5.88 Å². The third-order valence-corrected chi connectivity index (χ3v) is 8.18. The van der Waals surface area contributed by atoms with E-state index >= 15 is 0 Å². The minimum Gasteiger partial charge on any atom is -0.474 e. The molecule has 6 nitrogen and oxygen atoms in total. The Kier molecular flexibility index (Phi) is 8.77. The first-order chi connectivity index (χ1) is 18.5. The summed E-state index contributed by atoms with van der Waals surface area (Å²) in [6.45, 7) is 3.08. The molecule has 1 aliphatic heterocycles. The van der Waals surface area contributed by atoms with Crippen LogP contribution in [0.3, 0.4) is 0 Å². The second kappa shape index (κ2) is 12.6. The molecule has 2 heterocycles. The monoisotopic (exact) mass is 513 g/mol. The summed E-state index contributed by atoms with van der Waals surface area (Å²) in [5.41, 5.74) is 2.63. The number of nitrogens with zero attached hydrogens (tertiary/aromatic N) is 3. The fraction of sp³-hybridized carbons (Fsp3) is 0.531. The molecule has 1 aromatic heterocycles. The van der Waals surface area contributed by atoms with Crippen molar-refractivity contribution in [1.82, 2.24) is 4.98 Å². The first-order valence-corrected chi connectivity index (χ1v) is 14.3. The van der Waals surface area contributed by atoms with Gasteiger partial charge < -0.3 is 4.74 Å². The molecular formula is C32H39N3O3. The van der Waals surface area contributed by atoms with Crippen molar-refractivity contribution in [3.63, 3.8) is 0 Å². The molecule has 5 rings (SSSR count). The number of ketones is 2. The van der Waals surface area contributed by atoms with Crippen molar-refractivity contribution in [1.29, 1.82) is 0 Å². The van der Waals surface area contributed by atoms with E-state index in [0.29, 0.717) is 29.7 Å². The highest BCUT2D eigenvalue weighted by Gasteiger charge is 2.31. The third-order valence-electron chi connectivity index (χ3n) is 8.18. The molecule has 0 spiro atoms. The van der Waals surface area contributed by atoms with Gasteiger partial charge in [-0.3, -0.25) is 19.6 Å². The number of ether oxygens (including phenoxy) is 1. The van der Waals surface area contributed by atoms with E-state index in [9.17, 15) is 9.59 Å². The number of aromatic nitrogens is 1. The van der Waals surface area contributed by atoms with Gasteiger partial charge in [-0.1, -0.05) is 31.2 Å². The van der Waals surface area contributed by atoms with Gasteiger partial charge in [-0.2, -0.15) is 0 Å². The van der Waals surface area contributed by atoms with E-state index in [4.69, 9.17) is 4.74 Å². The van der Waals surface area contributed by atoms with Crippen LogP contribution < -0.4 is 4.74 Å². The Morgan fingerprint density at radius 2 is 1.87 bits per heavy atom. The Bertz CT molecular complexity index is 1190. The zero-order valence-corrected chi connectivity index (χ0v) is 22.4. The summed E-state index contributed by atoms with van der Waals surface area (Å²) >= 11 is 0. The van der Waals surface area contributed by atoms with Crippen LogP contribution in [-0.2, 0) is 6.42 Å². The SMILES string of the molecule is CC1CCC(Oc2cc(C(=O)C3CC3)ccn2)CC(CCC(=O)c2ccccc2CC2CCN=CC=N2)C1. The van der Waals surface area contributed by atoms with Crippen molar-refractivity contribution in [2.75, 3.05) is 6.54 Å². The average molecular weight is 514 g/mol. The number of carbonyl (C=O) groups is 2. The molecule has 0 N–H and O–H groups in total. The van der Waals surface area contributed by atoms with Gasteiger partial charge in [-0.15, -0.1) is 0 Å². The summed E-state index contributed by atoms with van der Waals surface area (Å²) in [6, 6.07) is 11.8. The van der Waals surface area contributed by atoms with Gasteiger partial charge in [0.05, 0.1) is 6.04 Å². The smallest absolute Gasteiger partial charge is 0.214 e. The Morgan fingerprint density at radius 1 is 1.00 bits per heavy atom. The molecule has 4 atom stereocenters. The maximum absolute atomic E-state index is 13.4. The summed E-state index contributed by atoms with van der Waals surface area (Å²) in [6.07, 6.45) is 14.5. The first-order valence-electron chi connectivity index (χ1n) is 14.3. The lowest BCUT2D eigenvalue weighted by Crippen LogP contribution is -2.20. The van der Waals surface area contributed by atoms with Crippen LogP contribution in [0, 0.1) is 17.8 Å². The lowest BCUT2D eigenvalue weighted by atomic mass is 9.88. The Hall–Kier alpha value is -3.15. The van der Waals surface area contributed by atoms with Crippen LogP contribution in [-0.4, -0.2) is 47.7 Å². The molecule has 0 saturated heterocycles. The summed E-state index contributed by atoms with van der Waals surface area (Å²) < 4.78 is 6.34. The normalized spacial score (nSPS) is 25.4. The lowest BCUT2D eigenvalue weighted by Gasteiger charge is -2.21. The third kappa shape index (κ3) is 7.24. The van der Waals surface area contributed by atoms with E-state index in [0.717, 1.165) is 75.5 Å². The standard InChI is InChI=1S/C32H39N3O3/c1-22-6-10-28(38-31-21-26(12-15-35-31)32(37)24-8-9-24)19-23(18-22)7-11-30(36)29-5-3-2-4-25(29)20-27-13-14-33-16-17-34-27/h2-5,12,15-17,21-24,27-28H,6-11,13-14,18-20H2,1H3. The fourth-order valence-electron chi connectivity index (χ4n) is 5.89. The molecule has 0 radical (unpaired) electrons. The highest BCUT2D eigenvalue weighted by Crippen LogP contribution is 2.35. The number of carbonyl (C=O) groups excluding carboxylic acids is 2. The molecule has 6 heteroatoms. The maximum atomic E-state index is 13.4. The molecule has 2 fully saturated rings. The van der Waals surface area contributed by atoms with E-state index in [2.05, 4.69) is 28.0 Å². The van der Waals surface area contributed by atoms with E-state index in [1.54, 1.807) is 24.7 Å². The molecular weight excluding hydrogens is 474 g/mol. The largest absolute Gasteiger partial charge is 0.474 e. The van der Waals surface area contributed by atoms with Gasteiger partial charge in [0.1, 0.15) is 6.10 Å². The van der Waals surface area contributed by atoms with Crippen LogP contribution in [0.4, 0.5) is 0 Å². The van der Waals surface area contributed by atoms with E-state index < -0.39 is 0 Å². The van der Waals surface area contributed by atoms with Gasteiger partial charge >= 0.3 is 0 Å². The van der Waals surface area contributed by atoms with Crippen LogP contribution in [0.2, 0.25) is 0 Å². The molecule has 0 bridgehead atoms. The van der Waals surface area contributed by atoms with E-state index in [1.165, 1.54) is 0 Å². The number of benzene rings is 1. The zero-order valence-electron chi connectivity index (χ0n) is 22.4. The van der Waals surface area contributed by atoms with Crippen molar-refractivity contribution in [2.24, 2.45) is 27.7 Å². The minimum atomic E-state index is 0.0569. The molecule has 2 aromatic rings. The van der Waals surface area contributed by atoms with Crippen molar-refractivity contribution in [3.8, 4) is 5.88 Å². The summed E-state index contributed by atoms with van der Waals surface area (Å²) in [4.78, 5) is 39.2. The van der Waals surface area contributed by atoms with Gasteiger partial charge in [0.25, 0.3) is 0 Å². The Labute approximate surface area is 226 Å². The van der Waals surface area contributed by atoms with Gasteiger partial charge in [0, 0.05) is 54.7 Å². The number of rotatable bonds is 10. The highest BCUT2D eigenvalue weighted by atomic mass is 16.5. The summed E-state index contributed by atoms with van der Waals surface area (Å²) in [5.74, 6) is 2.19. The Morgan fingerprint density at radius 3 is 2.74 bits per heavy atom. The maximum Gasteiger partial charge on any atom is 0.214 e.